The minimum absolute atomic E-state index is 0.510. The van der Waals surface area contributed by atoms with Gasteiger partial charge in [-0.05, 0) is 11.1 Å². The molecule has 2 aliphatic rings. The number of allylic oxidation sites excluding steroid dienone is 6. The Morgan fingerprint density at radius 2 is 1.88 bits per heavy atom. The minimum atomic E-state index is 0.510. The monoisotopic (exact) mass is 247 g/mol. The van der Waals surface area contributed by atoms with Gasteiger partial charge in [0.05, 0.1) is 0 Å². The summed E-state index contributed by atoms with van der Waals surface area (Å²) in [5.41, 5.74) is 9.03. The highest BCUT2D eigenvalue weighted by molar-refractivity contribution is 7.81. The van der Waals surface area contributed by atoms with Crippen LogP contribution in [0.2, 0.25) is 0 Å². The lowest BCUT2D eigenvalue weighted by atomic mass is 9.87. The van der Waals surface area contributed by atoms with Crippen molar-refractivity contribution in [2.45, 2.75) is 12.8 Å². The predicted molar refractivity (Wildman–Crippen MR) is 76.9 cm³/mol. The molecule has 1 nitrogen and oxygen atoms in total. The van der Waals surface area contributed by atoms with Gasteiger partial charge in [0, 0.05) is 34.7 Å². The van der Waals surface area contributed by atoms with Crippen molar-refractivity contribution in [2.24, 2.45) is 5.73 Å². The Balaban J connectivity index is 2.51. The molecule has 2 aliphatic carbocycles. The first-order valence-electron chi connectivity index (χ1n) is 5.27. The highest BCUT2D eigenvalue weighted by Crippen LogP contribution is 2.27. The summed E-state index contributed by atoms with van der Waals surface area (Å²) >= 11 is 10.8. The van der Waals surface area contributed by atoms with Crippen LogP contribution in [0.15, 0.2) is 47.1 Å². The van der Waals surface area contributed by atoms with Crippen LogP contribution in [0, 0.1) is 0 Å². The van der Waals surface area contributed by atoms with E-state index < -0.39 is 0 Å². The van der Waals surface area contributed by atoms with Gasteiger partial charge in [-0.2, -0.15) is 0 Å². The zero-order valence-corrected chi connectivity index (χ0v) is 10.5. The van der Waals surface area contributed by atoms with E-state index in [0.717, 1.165) is 39.3 Å². The van der Waals surface area contributed by atoms with Gasteiger partial charge in [0.15, 0.2) is 0 Å². The van der Waals surface area contributed by atoms with Crippen molar-refractivity contribution >= 4 is 34.2 Å². The van der Waals surface area contributed by atoms with Crippen molar-refractivity contribution in [1.29, 1.82) is 0 Å². The quantitative estimate of drug-likeness (QED) is 0.760. The molecule has 0 aliphatic heterocycles. The van der Waals surface area contributed by atoms with Crippen molar-refractivity contribution in [3.8, 4) is 0 Å². The first-order valence-corrected chi connectivity index (χ1v) is 6.09. The fourth-order valence-corrected chi connectivity index (χ4v) is 2.53. The zero-order chi connectivity index (χ0) is 11.5. The molecule has 0 saturated heterocycles. The van der Waals surface area contributed by atoms with Crippen LogP contribution in [0.5, 0.6) is 0 Å². The molecular weight excluding hydrogens is 234 g/mol. The molecule has 0 radical (unpaired) electrons. The molecule has 0 heterocycles. The van der Waals surface area contributed by atoms with Crippen LogP contribution in [-0.4, -0.2) is 16.3 Å². The zero-order valence-electron chi connectivity index (χ0n) is 8.90. The lowest BCUT2D eigenvalue weighted by Gasteiger charge is -2.20. The van der Waals surface area contributed by atoms with E-state index in [2.05, 4.69) is 18.2 Å². The summed E-state index contributed by atoms with van der Waals surface area (Å²) in [6.45, 7) is 0.510. The van der Waals surface area contributed by atoms with Gasteiger partial charge in [0.2, 0.25) is 0 Å². The van der Waals surface area contributed by atoms with Gasteiger partial charge < -0.3 is 5.73 Å². The Bertz CT molecular complexity index is 464. The second kappa shape index (κ2) is 4.95. The third-order valence-electron chi connectivity index (χ3n) is 2.71. The lowest BCUT2D eigenvalue weighted by Crippen LogP contribution is -2.18. The third-order valence-corrected chi connectivity index (χ3v) is 3.47. The molecule has 0 bridgehead atoms. The average molecular weight is 247 g/mol. The fourth-order valence-electron chi connectivity index (χ4n) is 1.93. The average Bonchev–Trinajstić information content (AvgIpc) is 2.30. The molecule has 16 heavy (non-hydrogen) atoms. The highest BCUT2D eigenvalue weighted by Gasteiger charge is 2.19. The maximum absolute atomic E-state index is 5.75. The van der Waals surface area contributed by atoms with Crippen LogP contribution >= 0.6 is 24.4 Å². The number of hydrogen-bond donors (Lipinski definition) is 1. The first kappa shape index (κ1) is 11.6. The molecule has 0 saturated carbocycles. The molecule has 0 aromatic rings. The van der Waals surface area contributed by atoms with Crippen molar-refractivity contribution in [3.63, 3.8) is 0 Å². The molecule has 82 valence electrons. The number of thiocarbonyl (C=S) groups is 2. The second-order valence-corrected chi connectivity index (χ2v) is 4.76. The summed E-state index contributed by atoms with van der Waals surface area (Å²) in [7, 11) is 0. The van der Waals surface area contributed by atoms with Crippen LogP contribution < -0.4 is 5.73 Å². The molecule has 0 amide bonds. The largest absolute Gasteiger partial charge is 0.326 e. The van der Waals surface area contributed by atoms with Crippen LogP contribution in [0.4, 0.5) is 0 Å². The van der Waals surface area contributed by atoms with Gasteiger partial charge in [0.25, 0.3) is 0 Å². The van der Waals surface area contributed by atoms with Crippen LogP contribution in [0.25, 0.3) is 0 Å². The van der Waals surface area contributed by atoms with E-state index >= 15 is 0 Å². The molecule has 3 heteroatoms. The van der Waals surface area contributed by atoms with E-state index in [1.807, 2.05) is 12.2 Å². The molecule has 0 spiro atoms. The molecule has 0 aromatic carbocycles. The number of hydrogen-bond acceptors (Lipinski definition) is 3. The van der Waals surface area contributed by atoms with E-state index in [0.29, 0.717) is 6.54 Å². The van der Waals surface area contributed by atoms with Crippen molar-refractivity contribution in [1.82, 2.24) is 0 Å². The summed E-state index contributed by atoms with van der Waals surface area (Å²) in [6, 6.07) is 0. The van der Waals surface area contributed by atoms with Gasteiger partial charge in [0.1, 0.15) is 0 Å². The smallest absolute Gasteiger partial charge is 0.0271 e. The summed E-state index contributed by atoms with van der Waals surface area (Å²) in [5, 5.41) is 0. The topological polar surface area (TPSA) is 26.0 Å². The maximum atomic E-state index is 5.75. The Kier molecular flexibility index (Phi) is 3.59. The van der Waals surface area contributed by atoms with E-state index in [1.165, 1.54) is 0 Å². The van der Waals surface area contributed by atoms with Gasteiger partial charge >= 0.3 is 0 Å². The summed E-state index contributed by atoms with van der Waals surface area (Å²) in [6.07, 6.45) is 11.9. The Morgan fingerprint density at radius 3 is 2.56 bits per heavy atom. The molecule has 2 N–H and O–H groups in total. The van der Waals surface area contributed by atoms with E-state index in [9.17, 15) is 0 Å². The molecule has 2 rings (SSSR count). The normalized spacial score (nSPS) is 20.4. The summed E-state index contributed by atoms with van der Waals surface area (Å²) in [5.74, 6) is 0. The minimum Gasteiger partial charge on any atom is -0.326 e. The van der Waals surface area contributed by atoms with E-state index in [1.54, 1.807) is 0 Å². The van der Waals surface area contributed by atoms with Gasteiger partial charge in [-0.1, -0.05) is 54.8 Å². The van der Waals surface area contributed by atoms with Crippen LogP contribution in [-0.2, 0) is 0 Å². The van der Waals surface area contributed by atoms with Crippen molar-refractivity contribution in [3.05, 3.63) is 47.1 Å². The first-order chi connectivity index (χ1) is 7.74. The molecule has 0 unspecified atom stereocenters. The second-order valence-electron chi connectivity index (χ2n) is 3.77. The van der Waals surface area contributed by atoms with E-state index in [-0.39, 0.29) is 0 Å². The Hall–Kier alpha value is -0.900. The van der Waals surface area contributed by atoms with Gasteiger partial charge in [-0.15, -0.1) is 0 Å². The molecular formula is C13H13NS2. The Morgan fingerprint density at radius 1 is 1.12 bits per heavy atom. The lowest BCUT2D eigenvalue weighted by molar-refractivity contribution is 1.15. The van der Waals surface area contributed by atoms with Crippen molar-refractivity contribution < 1.29 is 0 Å². The van der Waals surface area contributed by atoms with Crippen molar-refractivity contribution in [2.75, 3.05) is 6.54 Å². The summed E-state index contributed by atoms with van der Waals surface area (Å²) < 4.78 is 0. The molecule has 0 atom stereocenters. The van der Waals surface area contributed by atoms with Gasteiger partial charge in [-0.3, -0.25) is 0 Å². The molecule has 0 aromatic heterocycles. The van der Waals surface area contributed by atoms with Crippen LogP contribution in [0.3, 0.4) is 0 Å². The number of rotatable bonds is 2. The third kappa shape index (κ3) is 2.12. The SMILES string of the molecule is NCC1=C(C2=CC=CCC2=S)C(=S)CC=C1. The molecule has 0 fully saturated rings. The van der Waals surface area contributed by atoms with Crippen LogP contribution in [0.1, 0.15) is 12.8 Å². The maximum Gasteiger partial charge on any atom is 0.0271 e. The summed E-state index contributed by atoms with van der Waals surface area (Å²) in [4.78, 5) is 1.91. The van der Waals surface area contributed by atoms with Gasteiger partial charge in [-0.25, -0.2) is 0 Å². The van der Waals surface area contributed by atoms with E-state index in [4.69, 9.17) is 30.2 Å². The highest BCUT2D eigenvalue weighted by atomic mass is 32.1. The fraction of sp³-hybridized carbons (Fsp3) is 0.231. The Labute approximate surface area is 106 Å². The standard InChI is InChI=1S/C13H13NS2/c14-8-9-4-3-7-12(16)13(9)10-5-1-2-6-11(10)15/h1-5H,6-8,14H2. The predicted octanol–water partition coefficient (Wildman–Crippen LogP) is 2.83. The number of nitrogens with two attached hydrogens (primary N) is 1.